The molecule has 2 rings (SSSR count). The van der Waals surface area contributed by atoms with E-state index in [4.69, 9.17) is 9.26 Å². The van der Waals surface area contributed by atoms with Gasteiger partial charge in [-0.2, -0.15) is 0 Å². The number of ether oxygens (including phenoxy) is 1. The van der Waals surface area contributed by atoms with E-state index in [0.717, 1.165) is 17.7 Å². The van der Waals surface area contributed by atoms with Crippen molar-refractivity contribution in [3.8, 4) is 0 Å². The maximum Gasteiger partial charge on any atom is 0.152 e. The lowest BCUT2D eigenvalue weighted by molar-refractivity contribution is -0.118. The number of aromatic nitrogens is 1. The fourth-order valence-electron chi connectivity index (χ4n) is 1.58. The van der Waals surface area contributed by atoms with Crippen LogP contribution in [0.3, 0.4) is 0 Å². The predicted octanol–water partition coefficient (Wildman–Crippen LogP) is 1.44. The topological polar surface area (TPSA) is 52.3 Å². The quantitative estimate of drug-likeness (QED) is 0.716. The third kappa shape index (κ3) is 1.46. The van der Waals surface area contributed by atoms with Gasteiger partial charge in [0.25, 0.3) is 0 Å². The number of ketones is 1. The zero-order valence-corrected chi connectivity index (χ0v) is 8.37. The van der Waals surface area contributed by atoms with E-state index in [1.54, 1.807) is 6.92 Å². The Morgan fingerprint density at radius 1 is 1.57 bits per heavy atom. The zero-order valence-electron chi connectivity index (χ0n) is 8.37. The molecule has 4 nitrogen and oxygen atoms in total. The highest BCUT2D eigenvalue weighted by Gasteiger charge is 2.25. The zero-order chi connectivity index (χ0) is 10.1. The minimum atomic E-state index is -0.215. The monoisotopic (exact) mass is 195 g/mol. The Morgan fingerprint density at radius 3 is 3.07 bits per heavy atom. The van der Waals surface area contributed by atoms with Crippen molar-refractivity contribution in [1.29, 1.82) is 0 Å². The summed E-state index contributed by atoms with van der Waals surface area (Å²) in [5.41, 5.74) is 1.92. The molecule has 0 amide bonds. The van der Waals surface area contributed by atoms with Crippen LogP contribution in [0, 0.1) is 0 Å². The van der Waals surface area contributed by atoms with E-state index in [-0.39, 0.29) is 11.7 Å². The van der Waals surface area contributed by atoms with Crippen molar-refractivity contribution in [3.63, 3.8) is 0 Å². The molecule has 4 heteroatoms. The van der Waals surface area contributed by atoms with Gasteiger partial charge in [-0.15, -0.1) is 0 Å². The van der Waals surface area contributed by atoms with Crippen LogP contribution in [0.4, 0.5) is 0 Å². The van der Waals surface area contributed by atoms with Crippen molar-refractivity contribution in [3.05, 3.63) is 17.0 Å². The summed E-state index contributed by atoms with van der Waals surface area (Å²) >= 11 is 0. The Bertz CT molecular complexity index is 356. The number of fused-ring (bicyclic) bond motifs is 1. The van der Waals surface area contributed by atoms with Crippen molar-refractivity contribution in [2.24, 2.45) is 0 Å². The van der Waals surface area contributed by atoms with E-state index < -0.39 is 0 Å². The number of Topliss-reactive ketones (excluding diaryl/α,β-unsaturated/α-hetero) is 1. The number of hydrogen-bond acceptors (Lipinski definition) is 4. The van der Waals surface area contributed by atoms with Crippen LogP contribution in [0.5, 0.6) is 0 Å². The largest absolute Gasteiger partial charge is 0.376 e. The third-order valence-corrected chi connectivity index (χ3v) is 2.63. The molecular formula is C10H13NO3. The lowest BCUT2D eigenvalue weighted by atomic mass is 9.98. The molecule has 1 unspecified atom stereocenters. The van der Waals surface area contributed by atoms with Crippen molar-refractivity contribution < 1.29 is 14.1 Å². The Labute approximate surface area is 82.2 Å². The average molecular weight is 195 g/mol. The highest BCUT2D eigenvalue weighted by atomic mass is 16.5. The third-order valence-electron chi connectivity index (χ3n) is 2.63. The first-order chi connectivity index (χ1) is 6.70. The van der Waals surface area contributed by atoms with Crippen LogP contribution in [-0.4, -0.2) is 17.5 Å². The van der Waals surface area contributed by atoms with E-state index in [0.29, 0.717) is 19.0 Å². The Morgan fingerprint density at radius 2 is 2.36 bits per heavy atom. The van der Waals surface area contributed by atoms with E-state index in [9.17, 15) is 4.79 Å². The van der Waals surface area contributed by atoms with Crippen molar-refractivity contribution in [1.82, 2.24) is 5.16 Å². The average Bonchev–Trinajstić information content (AvgIpc) is 2.60. The van der Waals surface area contributed by atoms with E-state index in [1.165, 1.54) is 0 Å². The Hall–Kier alpha value is -1.16. The molecule has 0 fully saturated rings. The summed E-state index contributed by atoms with van der Waals surface area (Å²) in [5.74, 6) is 0.551. The second kappa shape index (κ2) is 3.53. The van der Waals surface area contributed by atoms with Crippen LogP contribution in [0.25, 0.3) is 0 Å². The molecule has 0 aromatic carbocycles. The molecule has 0 bridgehead atoms. The van der Waals surface area contributed by atoms with Crippen LogP contribution >= 0.6 is 0 Å². The smallest absolute Gasteiger partial charge is 0.152 e. The van der Waals surface area contributed by atoms with Crippen molar-refractivity contribution in [2.75, 3.05) is 6.61 Å². The van der Waals surface area contributed by atoms with Gasteiger partial charge in [0.15, 0.2) is 5.76 Å². The van der Waals surface area contributed by atoms with Crippen LogP contribution in [0.2, 0.25) is 0 Å². The fourth-order valence-corrected chi connectivity index (χ4v) is 1.58. The second-order valence-corrected chi connectivity index (χ2v) is 3.61. The van der Waals surface area contributed by atoms with Gasteiger partial charge < -0.3 is 9.26 Å². The van der Waals surface area contributed by atoms with Gasteiger partial charge in [0, 0.05) is 12.0 Å². The molecule has 0 saturated carbocycles. The minimum absolute atomic E-state index is 0.0922. The SMILES string of the molecule is CC(=O)C(C)c1onc2c1COCC2. The highest BCUT2D eigenvalue weighted by Crippen LogP contribution is 2.26. The number of nitrogens with zero attached hydrogens (tertiary/aromatic N) is 1. The Balaban J connectivity index is 2.34. The van der Waals surface area contributed by atoms with Gasteiger partial charge in [0.2, 0.25) is 0 Å². The molecule has 14 heavy (non-hydrogen) atoms. The summed E-state index contributed by atoms with van der Waals surface area (Å²) in [4.78, 5) is 11.2. The summed E-state index contributed by atoms with van der Waals surface area (Å²) < 4.78 is 10.5. The summed E-state index contributed by atoms with van der Waals surface area (Å²) in [6, 6.07) is 0. The van der Waals surface area contributed by atoms with Gasteiger partial charge in [-0.25, -0.2) is 0 Å². The summed E-state index contributed by atoms with van der Waals surface area (Å²) in [7, 11) is 0. The minimum Gasteiger partial charge on any atom is -0.376 e. The first kappa shape index (κ1) is 9.40. The van der Waals surface area contributed by atoms with Gasteiger partial charge in [-0.05, 0) is 13.8 Å². The van der Waals surface area contributed by atoms with Crippen LogP contribution in [0.1, 0.15) is 36.8 Å². The molecule has 1 aliphatic rings. The molecule has 1 aromatic rings. The number of rotatable bonds is 2. The van der Waals surface area contributed by atoms with Gasteiger partial charge >= 0.3 is 0 Å². The molecule has 0 aliphatic carbocycles. The maximum absolute atomic E-state index is 11.2. The van der Waals surface area contributed by atoms with Crippen LogP contribution < -0.4 is 0 Å². The van der Waals surface area contributed by atoms with E-state index >= 15 is 0 Å². The van der Waals surface area contributed by atoms with Gasteiger partial charge in [0.05, 0.1) is 24.8 Å². The molecular weight excluding hydrogens is 182 g/mol. The number of hydrogen-bond donors (Lipinski definition) is 0. The van der Waals surface area contributed by atoms with Gasteiger partial charge in [-0.1, -0.05) is 5.16 Å². The molecule has 0 N–H and O–H groups in total. The summed E-state index contributed by atoms with van der Waals surface area (Å²) in [6.45, 7) is 4.60. The summed E-state index contributed by atoms with van der Waals surface area (Å²) in [5, 5.41) is 3.95. The van der Waals surface area contributed by atoms with Gasteiger partial charge in [0.1, 0.15) is 5.78 Å². The predicted molar refractivity (Wildman–Crippen MR) is 49.0 cm³/mol. The molecule has 0 spiro atoms. The fraction of sp³-hybridized carbons (Fsp3) is 0.600. The van der Waals surface area contributed by atoms with Crippen LogP contribution in [-0.2, 0) is 22.6 Å². The first-order valence-electron chi connectivity index (χ1n) is 4.75. The molecule has 76 valence electrons. The van der Waals surface area contributed by atoms with E-state index in [2.05, 4.69) is 5.16 Å². The van der Waals surface area contributed by atoms with E-state index in [1.807, 2.05) is 6.92 Å². The van der Waals surface area contributed by atoms with Crippen molar-refractivity contribution >= 4 is 5.78 Å². The second-order valence-electron chi connectivity index (χ2n) is 3.61. The highest BCUT2D eigenvalue weighted by molar-refractivity contribution is 5.82. The number of carbonyl (C=O) groups is 1. The molecule has 0 saturated heterocycles. The molecule has 0 radical (unpaired) electrons. The van der Waals surface area contributed by atoms with Gasteiger partial charge in [-0.3, -0.25) is 4.79 Å². The molecule has 1 atom stereocenters. The maximum atomic E-state index is 11.2. The summed E-state index contributed by atoms with van der Waals surface area (Å²) in [6.07, 6.45) is 0.781. The van der Waals surface area contributed by atoms with Crippen LogP contribution in [0.15, 0.2) is 4.52 Å². The standard InChI is InChI=1S/C10H13NO3/c1-6(7(2)12)10-8-5-13-4-3-9(8)11-14-10/h6H,3-5H2,1-2H3. The normalized spacial score (nSPS) is 17.6. The molecule has 1 aromatic heterocycles. The first-order valence-corrected chi connectivity index (χ1v) is 4.75. The number of carbonyl (C=O) groups excluding carboxylic acids is 1. The molecule has 1 aliphatic heterocycles. The lowest BCUT2D eigenvalue weighted by Crippen LogP contribution is -2.12. The van der Waals surface area contributed by atoms with Crippen molar-refractivity contribution in [2.45, 2.75) is 32.8 Å². The molecule has 2 heterocycles. The Kier molecular flexibility index (Phi) is 2.37. The lowest BCUT2D eigenvalue weighted by Gasteiger charge is -2.12.